The molecule has 0 aliphatic rings. The van der Waals surface area contributed by atoms with Crippen LogP contribution in [0.4, 0.5) is 11.4 Å². The highest BCUT2D eigenvalue weighted by atomic mass is 79.9. The molecule has 0 radical (unpaired) electrons. The molecule has 0 saturated heterocycles. The Balaban J connectivity index is 2.02. The van der Waals surface area contributed by atoms with Gasteiger partial charge < -0.3 is 11.1 Å². The lowest BCUT2D eigenvalue weighted by molar-refractivity contribution is -0.115. The third kappa shape index (κ3) is 4.25. The number of carbonyl (C=O) groups excluding carboxylic acids is 1. The average Bonchev–Trinajstić information content (AvgIpc) is 2.46. The fourth-order valence-electron chi connectivity index (χ4n) is 1.79. The van der Waals surface area contributed by atoms with E-state index in [9.17, 15) is 4.79 Å². The Morgan fingerprint density at radius 2 is 1.90 bits per heavy atom. The molecule has 3 nitrogen and oxygen atoms in total. The second-order valence-corrected chi connectivity index (χ2v) is 7.05. The van der Waals surface area contributed by atoms with Crippen molar-refractivity contribution >= 4 is 45.0 Å². The lowest BCUT2D eigenvalue weighted by atomic mass is 10.1. The Bertz CT molecular complexity index is 643. The molecule has 0 aromatic heterocycles. The van der Waals surface area contributed by atoms with Gasteiger partial charge in [-0.1, -0.05) is 22.0 Å². The Hall–Kier alpha value is -1.46. The molecular formula is C16H17BrN2OS. The molecule has 110 valence electrons. The molecule has 0 spiro atoms. The third-order valence-electron chi connectivity index (χ3n) is 3.13. The van der Waals surface area contributed by atoms with Gasteiger partial charge in [0.2, 0.25) is 5.91 Å². The number of anilines is 2. The Morgan fingerprint density at radius 1 is 1.24 bits per heavy atom. The highest BCUT2D eigenvalue weighted by molar-refractivity contribution is 9.10. The van der Waals surface area contributed by atoms with Gasteiger partial charge in [0.25, 0.3) is 0 Å². The van der Waals surface area contributed by atoms with Crippen LogP contribution >= 0.6 is 27.7 Å². The average molecular weight is 365 g/mol. The first-order valence-electron chi connectivity index (χ1n) is 6.55. The monoisotopic (exact) mass is 364 g/mol. The maximum atomic E-state index is 12.3. The number of hydrogen-bond acceptors (Lipinski definition) is 3. The van der Waals surface area contributed by atoms with Crippen LogP contribution in [-0.4, -0.2) is 11.2 Å². The molecule has 3 N–H and O–H groups in total. The maximum Gasteiger partial charge on any atom is 0.237 e. The first-order valence-corrected chi connectivity index (χ1v) is 8.23. The van der Waals surface area contributed by atoms with Crippen LogP contribution in [0.25, 0.3) is 0 Å². The number of thioether (sulfide) groups is 1. The number of carbonyl (C=O) groups is 1. The molecule has 0 fully saturated rings. The van der Waals surface area contributed by atoms with Crippen LogP contribution in [0.15, 0.2) is 51.8 Å². The number of hydrogen-bond donors (Lipinski definition) is 2. The smallest absolute Gasteiger partial charge is 0.237 e. The van der Waals surface area contributed by atoms with E-state index >= 15 is 0 Å². The van der Waals surface area contributed by atoms with Crippen LogP contribution in [0.3, 0.4) is 0 Å². The van der Waals surface area contributed by atoms with E-state index in [-0.39, 0.29) is 11.2 Å². The first-order chi connectivity index (χ1) is 9.97. The minimum atomic E-state index is -0.188. The summed E-state index contributed by atoms with van der Waals surface area (Å²) in [5.41, 5.74) is 8.19. The highest BCUT2D eigenvalue weighted by Gasteiger charge is 2.15. The number of nitrogens with one attached hydrogen (secondary N) is 1. The zero-order valence-corrected chi connectivity index (χ0v) is 14.3. The lowest BCUT2D eigenvalue weighted by Gasteiger charge is -2.14. The number of rotatable bonds is 4. The van der Waals surface area contributed by atoms with E-state index in [1.54, 1.807) is 0 Å². The van der Waals surface area contributed by atoms with Crippen molar-refractivity contribution in [1.82, 2.24) is 0 Å². The Morgan fingerprint density at radius 3 is 2.57 bits per heavy atom. The van der Waals surface area contributed by atoms with Gasteiger partial charge in [0.05, 0.1) is 5.25 Å². The molecule has 0 saturated carbocycles. The van der Waals surface area contributed by atoms with Crippen LogP contribution < -0.4 is 11.1 Å². The molecule has 5 heteroatoms. The largest absolute Gasteiger partial charge is 0.398 e. The second-order valence-electron chi connectivity index (χ2n) is 4.72. The predicted molar refractivity (Wildman–Crippen MR) is 93.7 cm³/mol. The fourth-order valence-corrected chi connectivity index (χ4v) is 2.93. The maximum absolute atomic E-state index is 12.3. The molecule has 2 aromatic rings. The van der Waals surface area contributed by atoms with E-state index in [0.29, 0.717) is 5.69 Å². The van der Waals surface area contributed by atoms with Crippen molar-refractivity contribution in [2.75, 3.05) is 11.1 Å². The molecule has 0 aliphatic heterocycles. The number of nitrogens with two attached hydrogens (primary N) is 1. The van der Waals surface area contributed by atoms with E-state index in [1.807, 2.05) is 56.3 Å². The number of halogens is 1. The summed E-state index contributed by atoms with van der Waals surface area (Å²) in [5.74, 6) is -0.0309. The van der Waals surface area contributed by atoms with E-state index in [4.69, 9.17) is 5.73 Å². The van der Waals surface area contributed by atoms with Crippen molar-refractivity contribution in [3.63, 3.8) is 0 Å². The first kappa shape index (κ1) is 15.9. The third-order valence-corrected chi connectivity index (χ3v) is 4.77. The summed E-state index contributed by atoms with van der Waals surface area (Å²) in [7, 11) is 0. The van der Waals surface area contributed by atoms with E-state index in [1.165, 1.54) is 11.8 Å². The van der Waals surface area contributed by atoms with E-state index in [0.717, 1.165) is 20.6 Å². The van der Waals surface area contributed by atoms with Crippen LogP contribution in [0.1, 0.15) is 12.5 Å². The summed E-state index contributed by atoms with van der Waals surface area (Å²) in [4.78, 5) is 13.3. The fraction of sp³-hybridized carbons (Fsp3) is 0.188. The minimum absolute atomic E-state index is 0.0309. The van der Waals surface area contributed by atoms with Crippen molar-refractivity contribution in [3.8, 4) is 0 Å². The van der Waals surface area contributed by atoms with Crippen LogP contribution in [0, 0.1) is 6.92 Å². The van der Waals surface area contributed by atoms with Crippen molar-refractivity contribution < 1.29 is 4.79 Å². The molecule has 0 heterocycles. The quantitative estimate of drug-likeness (QED) is 0.621. The highest BCUT2D eigenvalue weighted by Crippen LogP contribution is 2.27. The van der Waals surface area contributed by atoms with Gasteiger partial charge in [-0.2, -0.15) is 0 Å². The van der Waals surface area contributed by atoms with Crippen molar-refractivity contribution in [2.45, 2.75) is 24.0 Å². The van der Waals surface area contributed by atoms with Gasteiger partial charge in [0.15, 0.2) is 0 Å². The molecule has 0 aliphatic carbocycles. The van der Waals surface area contributed by atoms with Gasteiger partial charge >= 0.3 is 0 Å². The van der Waals surface area contributed by atoms with Crippen molar-refractivity contribution in [2.24, 2.45) is 0 Å². The molecule has 2 rings (SSSR count). The van der Waals surface area contributed by atoms with Crippen LogP contribution in [-0.2, 0) is 4.79 Å². The zero-order valence-electron chi connectivity index (χ0n) is 11.9. The molecular weight excluding hydrogens is 348 g/mol. The molecule has 1 unspecified atom stereocenters. The van der Waals surface area contributed by atoms with Crippen molar-refractivity contribution in [1.29, 1.82) is 0 Å². The summed E-state index contributed by atoms with van der Waals surface area (Å²) < 4.78 is 1.03. The molecule has 1 amide bonds. The summed E-state index contributed by atoms with van der Waals surface area (Å²) >= 11 is 4.92. The van der Waals surface area contributed by atoms with Gasteiger partial charge in [0, 0.05) is 20.7 Å². The Labute approximate surface area is 137 Å². The summed E-state index contributed by atoms with van der Waals surface area (Å²) in [5, 5.41) is 2.75. The molecule has 0 bridgehead atoms. The summed E-state index contributed by atoms with van der Waals surface area (Å²) in [6.07, 6.45) is 0. The van der Waals surface area contributed by atoms with Gasteiger partial charge in [-0.3, -0.25) is 4.79 Å². The van der Waals surface area contributed by atoms with E-state index in [2.05, 4.69) is 21.2 Å². The molecule has 1 atom stereocenters. The molecule has 21 heavy (non-hydrogen) atoms. The summed E-state index contributed by atoms with van der Waals surface area (Å²) in [6, 6.07) is 13.4. The number of amides is 1. The van der Waals surface area contributed by atoms with E-state index < -0.39 is 0 Å². The van der Waals surface area contributed by atoms with Gasteiger partial charge in [-0.05, 0) is 55.8 Å². The zero-order chi connectivity index (χ0) is 15.4. The molecule has 2 aromatic carbocycles. The summed E-state index contributed by atoms with van der Waals surface area (Å²) in [6.45, 7) is 3.79. The van der Waals surface area contributed by atoms with Crippen LogP contribution in [0.2, 0.25) is 0 Å². The van der Waals surface area contributed by atoms with Gasteiger partial charge in [0.1, 0.15) is 0 Å². The minimum Gasteiger partial charge on any atom is -0.398 e. The second kappa shape index (κ2) is 7.00. The number of nitrogen functional groups attached to an aromatic ring is 1. The van der Waals surface area contributed by atoms with Gasteiger partial charge in [-0.25, -0.2) is 0 Å². The number of benzene rings is 2. The predicted octanol–water partition coefficient (Wildman–Crippen LogP) is 4.46. The lowest BCUT2D eigenvalue weighted by Crippen LogP contribution is -2.22. The Kier molecular flexibility index (Phi) is 5.31. The normalized spacial score (nSPS) is 12.0. The SMILES string of the molecule is Cc1c(N)cccc1NC(=O)C(C)Sc1ccc(Br)cc1. The van der Waals surface area contributed by atoms with Crippen molar-refractivity contribution in [3.05, 3.63) is 52.5 Å². The van der Waals surface area contributed by atoms with Gasteiger partial charge in [-0.15, -0.1) is 11.8 Å². The van der Waals surface area contributed by atoms with Crippen LogP contribution in [0.5, 0.6) is 0 Å². The standard InChI is InChI=1S/C16H17BrN2OS/c1-10-14(18)4-3-5-15(10)19-16(20)11(2)21-13-8-6-12(17)7-9-13/h3-9,11H,18H2,1-2H3,(H,19,20). The topological polar surface area (TPSA) is 55.1 Å².